The number of thiophene rings is 1. The summed E-state index contributed by atoms with van der Waals surface area (Å²) in [4.78, 5) is 27.7. The van der Waals surface area contributed by atoms with Crippen LogP contribution in [0.1, 0.15) is 5.69 Å². The smallest absolute Gasteiger partial charge is 0.269 e. The van der Waals surface area contributed by atoms with Gasteiger partial charge in [0.05, 0.1) is 21.9 Å². The molecular weight excluding hydrogens is 334 g/mol. The first-order valence-corrected chi connectivity index (χ1v) is 8.40. The van der Waals surface area contributed by atoms with Crippen LogP contribution < -0.4 is 5.32 Å². The van der Waals surface area contributed by atoms with Gasteiger partial charge in [-0.3, -0.25) is 14.9 Å². The summed E-state index contributed by atoms with van der Waals surface area (Å²) in [7, 11) is 0. The minimum absolute atomic E-state index is 0.0110. The molecule has 0 saturated carbocycles. The Labute approximate surface area is 139 Å². The number of aromatic nitrogens is 1. The van der Waals surface area contributed by atoms with E-state index in [0.29, 0.717) is 11.4 Å². The van der Waals surface area contributed by atoms with Crippen molar-refractivity contribution < 1.29 is 9.72 Å². The second-order valence-electron chi connectivity index (χ2n) is 4.65. The van der Waals surface area contributed by atoms with Crippen molar-refractivity contribution in [2.75, 3.05) is 5.32 Å². The lowest BCUT2D eigenvalue weighted by Crippen LogP contribution is -2.14. The van der Waals surface area contributed by atoms with Crippen LogP contribution in [0.25, 0.3) is 9.88 Å². The van der Waals surface area contributed by atoms with Gasteiger partial charge >= 0.3 is 0 Å². The fraction of sp³-hybridized carbons (Fsp3) is 0.0667. The van der Waals surface area contributed by atoms with Crippen molar-refractivity contribution in [1.29, 1.82) is 0 Å². The van der Waals surface area contributed by atoms with E-state index in [1.54, 1.807) is 11.3 Å². The maximum absolute atomic E-state index is 12.0. The molecule has 1 aromatic carbocycles. The standard InChI is InChI=1S/C15H11N3O3S2/c19-14(16-10-3-5-12(6-4-10)18(20)21)8-11-9-23-15(17-11)13-2-1-7-22-13/h1-7,9H,8H2,(H,16,19). The number of carbonyl (C=O) groups is 1. The first-order valence-electron chi connectivity index (χ1n) is 6.64. The number of thiazole rings is 1. The highest BCUT2D eigenvalue weighted by Gasteiger charge is 2.11. The average molecular weight is 345 g/mol. The van der Waals surface area contributed by atoms with E-state index in [0.717, 1.165) is 9.88 Å². The summed E-state index contributed by atoms with van der Waals surface area (Å²) < 4.78 is 0. The highest BCUT2D eigenvalue weighted by atomic mass is 32.1. The molecule has 1 amide bonds. The topological polar surface area (TPSA) is 85.1 Å². The molecule has 6 nitrogen and oxygen atoms in total. The van der Waals surface area contributed by atoms with E-state index in [2.05, 4.69) is 10.3 Å². The second-order valence-corrected chi connectivity index (χ2v) is 6.46. The molecule has 0 bridgehead atoms. The summed E-state index contributed by atoms with van der Waals surface area (Å²) in [5.41, 5.74) is 1.22. The lowest BCUT2D eigenvalue weighted by molar-refractivity contribution is -0.384. The molecule has 3 rings (SSSR count). The zero-order valence-electron chi connectivity index (χ0n) is 11.8. The normalized spacial score (nSPS) is 10.4. The number of nitrogens with one attached hydrogen (secondary N) is 1. The second kappa shape index (κ2) is 6.67. The number of benzene rings is 1. The number of amides is 1. The van der Waals surface area contributed by atoms with Gasteiger partial charge in [-0.1, -0.05) is 6.07 Å². The number of hydrogen-bond acceptors (Lipinski definition) is 6. The summed E-state index contributed by atoms with van der Waals surface area (Å²) in [6, 6.07) is 9.68. The van der Waals surface area contributed by atoms with Crippen molar-refractivity contribution in [3.63, 3.8) is 0 Å². The first-order chi connectivity index (χ1) is 11.1. The Morgan fingerprint density at radius 2 is 2.00 bits per heavy atom. The highest BCUT2D eigenvalue weighted by Crippen LogP contribution is 2.28. The van der Waals surface area contributed by atoms with Crippen LogP contribution in [-0.4, -0.2) is 15.8 Å². The third kappa shape index (κ3) is 3.79. The maximum atomic E-state index is 12.0. The van der Waals surface area contributed by atoms with E-state index in [1.807, 2.05) is 22.9 Å². The van der Waals surface area contributed by atoms with Crippen LogP contribution in [0.15, 0.2) is 47.2 Å². The van der Waals surface area contributed by atoms with Gasteiger partial charge in [0.1, 0.15) is 5.01 Å². The van der Waals surface area contributed by atoms with Crippen molar-refractivity contribution in [3.8, 4) is 9.88 Å². The predicted molar refractivity (Wildman–Crippen MR) is 90.9 cm³/mol. The molecule has 0 fully saturated rings. The fourth-order valence-corrected chi connectivity index (χ4v) is 3.57. The Bertz CT molecular complexity index is 826. The van der Waals surface area contributed by atoms with E-state index >= 15 is 0 Å². The minimum atomic E-state index is -0.479. The highest BCUT2D eigenvalue weighted by molar-refractivity contribution is 7.20. The van der Waals surface area contributed by atoms with Gasteiger partial charge in [-0.25, -0.2) is 4.98 Å². The molecule has 2 heterocycles. The third-order valence-corrected chi connectivity index (χ3v) is 4.92. The van der Waals surface area contributed by atoms with Crippen LogP contribution in [0.3, 0.4) is 0 Å². The van der Waals surface area contributed by atoms with Gasteiger partial charge in [0.25, 0.3) is 5.69 Å². The van der Waals surface area contributed by atoms with Crippen molar-refractivity contribution >= 4 is 40.0 Å². The van der Waals surface area contributed by atoms with Crippen LogP contribution >= 0.6 is 22.7 Å². The Morgan fingerprint density at radius 3 is 2.65 bits per heavy atom. The SMILES string of the molecule is O=C(Cc1csc(-c2cccs2)n1)Nc1ccc([N+](=O)[O-])cc1. The average Bonchev–Trinajstić information content (AvgIpc) is 3.18. The zero-order valence-corrected chi connectivity index (χ0v) is 13.4. The molecule has 8 heteroatoms. The number of hydrogen-bond donors (Lipinski definition) is 1. The first kappa shape index (κ1) is 15.3. The van der Waals surface area contributed by atoms with E-state index in [9.17, 15) is 14.9 Å². The van der Waals surface area contributed by atoms with E-state index in [1.165, 1.54) is 35.6 Å². The molecule has 0 aliphatic heterocycles. The molecule has 0 radical (unpaired) electrons. The summed E-state index contributed by atoms with van der Waals surface area (Å²) in [5, 5.41) is 18.0. The Morgan fingerprint density at radius 1 is 1.22 bits per heavy atom. The Kier molecular flexibility index (Phi) is 4.45. The molecule has 0 saturated heterocycles. The van der Waals surface area contributed by atoms with Gasteiger partial charge in [0, 0.05) is 23.2 Å². The molecule has 2 aromatic heterocycles. The quantitative estimate of drug-likeness (QED) is 0.560. The molecule has 0 aliphatic rings. The van der Waals surface area contributed by atoms with E-state index in [-0.39, 0.29) is 18.0 Å². The van der Waals surface area contributed by atoms with Gasteiger partial charge in [-0.15, -0.1) is 22.7 Å². The van der Waals surface area contributed by atoms with E-state index < -0.39 is 4.92 Å². The van der Waals surface area contributed by atoms with Gasteiger partial charge in [-0.05, 0) is 23.6 Å². The number of nitrogens with zero attached hydrogens (tertiary/aromatic N) is 2. The van der Waals surface area contributed by atoms with Crippen LogP contribution in [0, 0.1) is 10.1 Å². The van der Waals surface area contributed by atoms with Crippen LogP contribution in [-0.2, 0) is 11.2 Å². The van der Waals surface area contributed by atoms with Crippen molar-refractivity contribution in [3.05, 3.63) is 63.0 Å². The molecule has 3 aromatic rings. The summed E-state index contributed by atoms with van der Waals surface area (Å²) in [5.74, 6) is -0.207. The van der Waals surface area contributed by atoms with Crippen molar-refractivity contribution in [2.24, 2.45) is 0 Å². The van der Waals surface area contributed by atoms with Gasteiger partial charge in [-0.2, -0.15) is 0 Å². The Hall–Kier alpha value is -2.58. The molecule has 0 unspecified atom stereocenters. The van der Waals surface area contributed by atoms with Crippen molar-refractivity contribution in [2.45, 2.75) is 6.42 Å². The number of non-ortho nitro benzene ring substituents is 1. The molecule has 0 atom stereocenters. The minimum Gasteiger partial charge on any atom is -0.326 e. The van der Waals surface area contributed by atoms with Crippen molar-refractivity contribution in [1.82, 2.24) is 4.98 Å². The van der Waals surface area contributed by atoms with Crippen LogP contribution in [0.4, 0.5) is 11.4 Å². The monoisotopic (exact) mass is 345 g/mol. The summed E-state index contributed by atoms with van der Waals surface area (Å²) in [6.07, 6.45) is 0.166. The largest absolute Gasteiger partial charge is 0.326 e. The maximum Gasteiger partial charge on any atom is 0.269 e. The molecule has 0 aliphatic carbocycles. The van der Waals surface area contributed by atoms with Crippen LogP contribution in [0.5, 0.6) is 0 Å². The number of nitro groups is 1. The van der Waals surface area contributed by atoms with Gasteiger partial charge < -0.3 is 5.32 Å². The van der Waals surface area contributed by atoms with Crippen LogP contribution in [0.2, 0.25) is 0 Å². The molecule has 23 heavy (non-hydrogen) atoms. The number of anilines is 1. The molecule has 116 valence electrons. The fourth-order valence-electron chi connectivity index (χ4n) is 1.94. The number of nitro benzene ring substituents is 1. The van der Waals surface area contributed by atoms with Gasteiger partial charge in [0.15, 0.2) is 0 Å². The lowest BCUT2D eigenvalue weighted by Gasteiger charge is -2.03. The number of rotatable bonds is 5. The lowest BCUT2D eigenvalue weighted by atomic mass is 10.2. The van der Waals surface area contributed by atoms with E-state index in [4.69, 9.17) is 0 Å². The summed E-state index contributed by atoms with van der Waals surface area (Å²) >= 11 is 3.11. The molecular formula is C15H11N3O3S2. The summed E-state index contributed by atoms with van der Waals surface area (Å²) in [6.45, 7) is 0. The number of carbonyl (C=O) groups excluding carboxylic acids is 1. The Balaban J connectivity index is 1.62. The zero-order chi connectivity index (χ0) is 16.2. The predicted octanol–water partition coefficient (Wildman–Crippen LogP) is 3.96. The van der Waals surface area contributed by atoms with Gasteiger partial charge in [0.2, 0.25) is 5.91 Å². The third-order valence-electron chi connectivity index (χ3n) is 2.99. The molecule has 1 N–H and O–H groups in total. The molecule has 0 spiro atoms.